The lowest BCUT2D eigenvalue weighted by Gasteiger charge is -2.19. The van der Waals surface area contributed by atoms with E-state index in [0.717, 1.165) is 25.8 Å². The lowest BCUT2D eigenvalue weighted by Crippen LogP contribution is -2.31. The summed E-state index contributed by atoms with van der Waals surface area (Å²) in [5, 5.41) is 0. The third kappa shape index (κ3) is 12.6. The number of aldehydes is 1. The highest BCUT2D eigenvalue weighted by atomic mass is 16.1. The van der Waals surface area contributed by atoms with Crippen molar-refractivity contribution in [2.24, 2.45) is 0 Å². The van der Waals surface area contributed by atoms with Crippen LogP contribution >= 0.6 is 0 Å². The summed E-state index contributed by atoms with van der Waals surface area (Å²) in [4.78, 5) is 13.3. The van der Waals surface area contributed by atoms with E-state index in [1.807, 2.05) is 0 Å². The van der Waals surface area contributed by atoms with E-state index in [9.17, 15) is 4.79 Å². The minimum Gasteiger partial charge on any atom is -0.302 e. The third-order valence-corrected chi connectivity index (χ3v) is 5.87. The molecule has 1 saturated heterocycles. The van der Waals surface area contributed by atoms with Gasteiger partial charge in [0.05, 0.1) is 6.04 Å². The van der Waals surface area contributed by atoms with Gasteiger partial charge in [0.25, 0.3) is 0 Å². The second-order valence-electron chi connectivity index (χ2n) is 8.18. The molecule has 0 aromatic carbocycles. The molecule has 25 heavy (non-hydrogen) atoms. The third-order valence-electron chi connectivity index (χ3n) is 5.87. The zero-order valence-corrected chi connectivity index (χ0v) is 17.2. The molecule has 2 nitrogen and oxygen atoms in total. The standard InChI is InChI=1S/C23H45NO/c1-2-3-4-5-6-7-8-9-10-11-12-13-14-15-16-17-20-24-21-18-19-23(24)22-25/h22-23H,2-21H2,1H3/t23-/m1/s1. The first-order valence-corrected chi connectivity index (χ1v) is 11.6. The van der Waals surface area contributed by atoms with Crippen LogP contribution in [-0.4, -0.2) is 30.3 Å². The first-order chi connectivity index (χ1) is 12.4. The maximum absolute atomic E-state index is 10.9. The fourth-order valence-electron chi connectivity index (χ4n) is 4.15. The second kappa shape index (κ2) is 17.1. The van der Waals surface area contributed by atoms with E-state index in [4.69, 9.17) is 0 Å². The first-order valence-electron chi connectivity index (χ1n) is 11.6. The highest BCUT2D eigenvalue weighted by Crippen LogP contribution is 2.17. The van der Waals surface area contributed by atoms with Crippen molar-refractivity contribution < 1.29 is 4.79 Å². The molecule has 0 bridgehead atoms. The van der Waals surface area contributed by atoms with Gasteiger partial charge in [0.1, 0.15) is 6.29 Å². The van der Waals surface area contributed by atoms with Crippen LogP contribution in [0.15, 0.2) is 0 Å². The summed E-state index contributed by atoms with van der Waals surface area (Å²) in [5.41, 5.74) is 0. The minimum absolute atomic E-state index is 0.233. The normalized spacial score (nSPS) is 18.0. The van der Waals surface area contributed by atoms with E-state index in [0.29, 0.717) is 0 Å². The van der Waals surface area contributed by atoms with Gasteiger partial charge in [-0.15, -0.1) is 0 Å². The van der Waals surface area contributed by atoms with Gasteiger partial charge in [-0.3, -0.25) is 4.90 Å². The van der Waals surface area contributed by atoms with Gasteiger partial charge < -0.3 is 4.79 Å². The SMILES string of the molecule is CCCCCCCCCCCCCCCCCCN1CCC[C@@H]1C=O. The van der Waals surface area contributed by atoms with Crippen LogP contribution in [0.4, 0.5) is 0 Å². The zero-order chi connectivity index (χ0) is 18.0. The number of hydrogen-bond acceptors (Lipinski definition) is 2. The van der Waals surface area contributed by atoms with Crippen LogP contribution in [0.2, 0.25) is 0 Å². The molecule has 1 aliphatic heterocycles. The van der Waals surface area contributed by atoms with Gasteiger partial charge >= 0.3 is 0 Å². The van der Waals surface area contributed by atoms with Crippen molar-refractivity contribution in [2.45, 2.75) is 129 Å². The van der Waals surface area contributed by atoms with E-state index in [2.05, 4.69) is 11.8 Å². The van der Waals surface area contributed by atoms with E-state index in [1.165, 1.54) is 109 Å². The quantitative estimate of drug-likeness (QED) is 0.197. The number of nitrogens with zero attached hydrogens (tertiary/aromatic N) is 1. The molecular formula is C23H45NO. The molecule has 1 fully saturated rings. The Balaban J connectivity index is 1.71. The van der Waals surface area contributed by atoms with Gasteiger partial charge in [-0.2, -0.15) is 0 Å². The van der Waals surface area contributed by atoms with Crippen LogP contribution in [0.3, 0.4) is 0 Å². The van der Waals surface area contributed by atoms with Crippen LogP contribution in [0, 0.1) is 0 Å². The summed E-state index contributed by atoms with van der Waals surface area (Å²) in [5.74, 6) is 0. The van der Waals surface area contributed by atoms with Crippen LogP contribution in [0.5, 0.6) is 0 Å². The summed E-state index contributed by atoms with van der Waals surface area (Å²) in [6.07, 6.45) is 26.2. The maximum Gasteiger partial charge on any atom is 0.137 e. The molecule has 0 N–H and O–H groups in total. The first kappa shape index (κ1) is 22.7. The predicted octanol–water partition coefficient (Wildman–Crippen LogP) is 6.91. The highest BCUT2D eigenvalue weighted by Gasteiger charge is 2.22. The summed E-state index contributed by atoms with van der Waals surface area (Å²) >= 11 is 0. The van der Waals surface area contributed by atoms with E-state index in [1.54, 1.807) is 0 Å². The molecule has 0 aliphatic carbocycles. The van der Waals surface area contributed by atoms with Gasteiger partial charge in [-0.1, -0.05) is 103 Å². The Morgan fingerprint density at radius 3 is 1.60 bits per heavy atom. The Bertz CT molecular complexity index is 292. The Kier molecular flexibility index (Phi) is 15.5. The molecule has 1 atom stereocenters. The van der Waals surface area contributed by atoms with Gasteiger partial charge in [-0.05, 0) is 32.4 Å². The zero-order valence-electron chi connectivity index (χ0n) is 17.2. The van der Waals surface area contributed by atoms with Crippen molar-refractivity contribution >= 4 is 6.29 Å². The lowest BCUT2D eigenvalue weighted by molar-refractivity contribution is -0.111. The molecule has 0 aromatic rings. The average molecular weight is 352 g/mol. The van der Waals surface area contributed by atoms with Gasteiger partial charge in [-0.25, -0.2) is 0 Å². The number of unbranched alkanes of at least 4 members (excludes halogenated alkanes) is 15. The summed E-state index contributed by atoms with van der Waals surface area (Å²) in [6.45, 7) is 4.57. The molecule has 0 aromatic heterocycles. The van der Waals surface area contributed by atoms with E-state index in [-0.39, 0.29) is 6.04 Å². The van der Waals surface area contributed by atoms with Crippen molar-refractivity contribution in [1.82, 2.24) is 4.90 Å². The molecule has 0 radical (unpaired) electrons. The highest BCUT2D eigenvalue weighted by molar-refractivity contribution is 5.58. The smallest absolute Gasteiger partial charge is 0.137 e. The molecule has 1 rings (SSSR count). The van der Waals surface area contributed by atoms with Gasteiger partial charge in [0.2, 0.25) is 0 Å². The Morgan fingerprint density at radius 1 is 0.720 bits per heavy atom. The van der Waals surface area contributed by atoms with E-state index < -0.39 is 0 Å². The van der Waals surface area contributed by atoms with Crippen molar-refractivity contribution in [2.75, 3.05) is 13.1 Å². The van der Waals surface area contributed by atoms with Crippen molar-refractivity contribution in [1.29, 1.82) is 0 Å². The molecule has 1 heterocycles. The molecule has 0 amide bonds. The number of carbonyl (C=O) groups excluding carboxylic acids is 1. The molecule has 0 saturated carbocycles. The Hall–Kier alpha value is -0.370. The average Bonchev–Trinajstić information content (AvgIpc) is 3.09. The van der Waals surface area contributed by atoms with Crippen LogP contribution in [-0.2, 0) is 4.79 Å². The molecule has 1 aliphatic rings. The minimum atomic E-state index is 0.233. The summed E-state index contributed by atoms with van der Waals surface area (Å²) in [7, 11) is 0. The molecule has 2 heteroatoms. The van der Waals surface area contributed by atoms with Gasteiger partial charge in [0, 0.05) is 0 Å². The number of carbonyl (C=O) groups is 1. The molecule has 0 unspecified atom stereocenters. The van der Waals surface area contributed by atoms with E-state index >= 15 is 0 Å². The van der Waals surface area contributed by atoms with Crippen LogP contribution < -0.4 is 0 Å². The van der Waals surface area contributed by atoms with Crippen LogP contribution in [0.25, 0.3) is 0 Å². The maximum atomic E-state index is 10.9. The fourth-order valence-corrected chi connectivity index (χ4v) is 4.15. The number of rotatable bonds is 18. The molecule has 148 valence electrons. The second-order valence-corrected chi connectivity index (χ2v) is 8.18. The molecular weight excluding hydrogens is 306 g/mol. The summed E-state index contributed by atoms with van der Waals surface area (Å²) < 4.78 is 0. The Morgan fingerprint density at radius 2 is 1.16 bits per heavy atom. The molecule has 0 spiro atoms. The Labute approximate surface area is 158 Å². The largest absolute Gasteiger partial charge is 0.302 e. The number of hydrogen-bond donors (Lipinski definition) is 0. The fraction of sp³-hybridized carbons (Fsp3) is 0.957. The lowest BCUT2D eigenvalue weighted by atomic mass is 10.0. The summed E-state index contributed by atoms with van der Waals surface area (Å²) in [6, 6.07) is 0.233. The number of likely N-dealkylation sites (tertiary alicyclic amines) is 1. The van der Waals surface area contributed by atoms with Crippen LogP contribution in [0.1, 0.15) is 122 Å². The monoisotopic (exact) mass is 351 g/mol. The topological polar surface area (TPSA) is 20.3 Å². The predicted molar refractivity (Wildman–Crippen MR) is 110 cm³/mol. The van der Waals surface area contributed by atoms with Crippen molar-refractivity contribution in [3.63, 3.8) is 0 Å². The van der Waals surface area contributed by atoms with Gasteiger partial charge in [0.15, 0.2) is 0 Å². The van der Waals surface area contributed by atoms with Crippen molar-refractivity contribution in [3.8, 4) is 0 Å². The van der Waals surface area contributed by atoms with Crippen molar-refractivity contribution in [3.05, 3.63) is 0 Å².